The lowest BCUT2D eigenvalue weighted by Crippen LogP contribution is -2.38. The van der Waals surface area contributed by atoms with Crippen molar-refractivity contribution in [3.63, 3.8) is 0 Å². The number of benzene rings is 3. The molecule has 0 heterocycles. The van der Waals surface area contributed by atoms with Crippen molar-refractivity contribution in [3.8, 4) is 0 Å². The summed E-state index contributed by atoms with van der Waals surface area (Å²) in [5.41, 5.74) is 1.95. The molecule has 144 valence electrons. The predicted octanol–water partition coefficient (Wildman–Crippen LogP) is 4.59. The van der Waals surface area contributed by atoms with Gasteiger partial charge in [0.05, 0.1) is 10.6 Å². The summed E-state index contributed by atoms with van der Waals surface area (Å²) in [6.07, 6.45) is 0. The zero-order valence-electron chi connectivity index (χ0n) is 15.2. The molecule has 0 aliphatic rings. The highest BCUT2D eigenvalue weighted by Gasteiger charge is 2.27. The number of amides is 1. The third-order valence-electron chi connectivity index (χ3n) is 4.13. The van der Waals surface area contributed by atoms with Gasteiger partial charge < -0.3 is 5.32 Å². The minimum absolute atomic E-state index is 0.124. The minimum atomic E-state index is -3.92. The lowest BCUT2D eigenvalue weighted by molar-refractivity contribution is -0.114. The number of rotatable bonds is 6. The van der Waals surface area contributed by atoms with Crippen molar-refractivity contribution < 1.29 is 13.2 Å². The lowest BCUT2D eigenvalue weighted by Gasteiger charge is -2.24. The highest BCUT2D eigenvalue weighted by atomic mass is 79.9. The molecule has 3 aromatic carbocycles. The molecule has 0 aliphatic heterocycles. The lowest BCUT2D eigenvalue weighted by atomic mass is 10.2. The first-order valence-corrected chi connectivity index (χ1v) is 10.8. The standard InChI is InChI=1S/C21H19BrN2O3S/c1-16-8-5-6-13-20(16)23-21(25)15-24(18-10-7-9-17(22)14-18)28(26,27)19-11-3-2-4-12-19/h2-14H,15H2,1H3,(H,23,25). The topological polar surface area (TPSA) is 66.5 Å². The molecule has 0 saturated carbocycles. The highest BCUT2D eigenvalue weighted by molar-refractivity contribution is 9.10. The molecule has 1 amide bonds. The number of carbonyl (C=O) groups excluding carboxylic acids is 1. The molecular formula is C21H19BrN2O3S. The number of hydrogen-bond acceptors (Lipinski definition) is 3. The molecule has 0 radical (unpaired) electrons. The van der Waals surface area contributed by atoms with Crippen molar-refractivity contribution in [2.75, 3.05) is 16.2 Å². The number of nitrogens with zero attached hydrogens (tertiary/aromatic N) is 1. The predicted molar refractivity (Wildman–Crippen MR) is 115 cm³/mol. The highest BCUT2D eigenvalue weighted by Crippen LogP contribution is 2.26. The molecule has 28 heavy (non-hydrogen) atoms. The van der Waals surface area contributed by atoms with Gasteiger partial charge >= 0.3 is 0 Å². The van der Waals surface area contributed by atoms with Crippen molar-refractivity contribution in [2.24, 2.45) is 0 Å². The summed E-state index contributed by atoms with van der Waals surface area (Å²) < 4.78 is 28.3. The van der Waals surface area contributed by atoms with Gasteiger partial charge in [0, 0.05) is 10.2 Å². The monoisotopic (exact) mass is 458 g/mol. The minimum Gasteiger partial charge on any atom is -0.324 e. The Balaban J connectivity index is 1.95. The van der Waals surface area contributed by atoms with Crippen LogP contribution < -0.4 is 9.62 Å². The molecule has 0 spiro atoms. The molecule has 5 nitrogen and oxygen atoms in total. The Kier molecular flexibility index (Phi) is 6.16. The first-order valence-electron chi connectivity index (χ1n) is 8.57. The molecule has 7 heteroatoms. The van der Waals surface area contributed by atoms with E-state index >= 15 is 0 Å². The number of carbonyl (C=O) groups is 1. The van der Waals surface area contributed by atoms with Crippen LogP contribution in [-0.2, 0) is 14.8 Å². The van der Waals surface area contributed by atoms with Crippen molar-refractivity contribution in [3.05, 3.63) is 88.9 Å². The normalized spacial score (nSPS) is 11.1. The van der Waals surface area contributed by atoms with E-state index in [9.17, 15) is 13.2 Å². The largest absolute Gasteiger partial charge is 0.324 e. The van der Waals surface area contributed by atoms with E-state index in [4.69, 9.17) is 0 Å². The van der Waals surface area contributed by atoms with E-state index in [-0.39, 0.29) is 11.4 Å². The van der Waals surface area contributed by atoms with Gasteiger partial charge in [0.2, 0.25) is 5.91 Å². The molecule has 0 saturated heterocycles. The Labute approximate surface area is 173 Å². The van der Waals surface area contributed by atoms with E-state index in [2.05, 4.69) is 21.2 Å². The smallest absolute Gasteiger partial charge is 0.264 e. The molecule has 0 unspecified atom stereocenters. The fourth-order valence-corrected chi connectivity index (χ4v) is 4.52. The molecule has 0 fully saturated rings. The molecular weight excluding hydrogens is 440 g/mol. The van der Waals surface area contributed by atoms with Crippen LogP contribution in [-0.4, -0.2) is 20.9 Å². The van der Waals surface area contributed by atoms with Crippen molar-refractivity contribution >= 4 is 43.2 Å². The first-order chi connectivity index (χ1) is 13.4. The number of para-hydroxylation sites is 1. The van der Waals surface area contributed by atoms with Crippen LogP contribution in [0.5, 0.6) is 0 Å². The van der Waals surface area contributed by atoms with Gasteiger partial charge in [-0.05, 0) is 48.9 Å². The van der Waals surface area contributed by atoms with Gasteiger partial charge in [-0.3, -0.25) is 9.10 Å². The average Bonchev–Trinajstić information content (AvgIpc) is 2.68. The van der Waals surface area contributed by atoms with Crippen LogP contribution >= 0.6 is 15.9 Å². The Hall–Kier alpha value is -2.64. The van der Waals surface area contributed by atoms with E-state index in [1.807, 2.05) is 25.1 Å². The van der Waals surface area contributed by atoms with Crippen molar-refractivity contribution in [1.82, 2.24) is 0 Å². The maximum absolute atomic E-state index is 13.2. The summed E-state index contributed by atoms with van der Waals surface area (Å²) in [4.78, 5) is 12.8. The van der Waals surface area contributed by atoms with E-state index in [1.54, 1.807) is 48.5 Å². The molecule has 0 atom stereocenters. The van der Waals surface area contributed by atoms with E-state index < -0.39 is 15.9 Å². The van der Waals surface area contributed by atoms with Crippen LogP contribution in [0.1, 0.15) is 5.56 Å². The van der Waals surface area contributed by atoms with Crippen molar-refractivity contribution in [1.29, 1.82) is 0 Å². The van der Waals surface area contributed by atoms with Crippen molar-refractivity contribution in [2.45, 2.75) is 11.8 Å². The van der Waals surface area contributed by atoms with Gasteiger partial charge in [0.1, 0.15) is 6.54 Å². The fourth-order valence-electron chi connectivity index (χ4n) is 2.70. The second-order valence-corrected chi connectivity index (χ2v) is 8.95. The van der Waals surface area contributed by atoms with Gasteiger partial charge in [-0.15, -0.1) is 0 Å². The number of anilines is 2. The second kappa shape index (κ2) is 8.58. The zero-order chi connectivity index (χ0) is 20.1. The summed E-state index contributed by atoms with van der Waals surface area (Å²) in [7, 11) is -3.92. The molecule has 1 N–H and O–H groups in total. The Morgan fingerprint density at radius 1 is 0.964 bits per heavy atom. The second-order valence-electron chi connectivity index (χ2n) is 6.17. The van der Waals surface area contributed by atoms with Crippen LogP contribution in [0.3, 0.4) is 0 Å². The summed E-state index contributed by atoms with van der Waals surface area (Å²) in [6, 6.07) is 22.3. The average molecular weight is 459 g/mol. The van der Waals surface area contributed by atoms with Gasteiger partial charge in [-0.25, -0.2) is 8.42 Å². The maximum Gasteiger partial charge on any atom is 0.264 e. The van der Waals surface area contributed by atoms with E-state index in [1.165, 1.54) is 12.1 Å². The van der Waals surface area contributed by atoms with Gasteiger partial charge in [-0.1, -0.05) is 58.4 Å². The Morgan fingerprint density at radius 3 is 2.32 bits per heavy atom. The molecule has 3 rings (SSSR count). The SMILES string of the molecule is Cc1ccccc1NC(=O)CN(c1cccc(Br)c1)S(=O)(=O)c1ccccc1. The van der Waals surface area contributed by atoms with Crippen LogP contribution in [0.4, 0.5) is 11.4 Å². The summed E-state index contributed by atoms with van der Waals surface area (Å²) in [5, 5.41) is 2.79. The molecule has 0 aliphatic carbocycles. The van der Waals surface area contributed by atoms with Crippen LogP contribution in [0.25, 0.3) is 0 Å². The quantitative estimate of drug-likeness (QED) is 0.587. The summed E-state index contributed by atoms with van der Waals surface area (Å²) in [6.45, 7) is 1.53. The summed E-state index contributed by atoms with van der Waals surface area (Å²) >= 11 is 3.36. The molecule has 0 bridgehead atoms. The number of aryl methyl sites for hydroxylation is 1. The number of nitrogens with one attached hydrogen (secondary N) is 1. The van der Waals surface area contributed by atoms with Gasteiger partial charge in [0.25, 0.3) is 10.0 Å². The Bertz CT molecular complexity index is 1090. The van der Waals surface area contributed by atoms with Crippen LogP contribution in [0, 0.1) is 6.92 Å². The number of hydrogen-bond donors (Lipinski definition) is 1. The fraction of sp³-hybridized carbons (Fsp3) is 0.0952. The third-order valence-corrected chi connectivity index (χ3v) is 6.42. The van der Waals surface area contributed by atoms with Crippen LogP contribution in [0.15, 0.2) is 88.2 Å². The third kappa shape index (κ3) is 4.61. The van der Waals surface area contributed by atoms with E-state index in [0.717, 1.165) is 14.3 Å². The first kappa shape index (κ1) is 20.1. The van der Waals surface area contributed by atoms with Gasteiger partial charge in [0.15, 0.2) is 0 Å². The maximum atomic E-state index is 13.2. The molecule has 0 aromatic heterocycles. The molecule has 3 aromatic rings. The number of sulfonamides is 1. The number of halogens is 1. The van der Waals surface area contributed by atoms with E-state index in [0.29, 0.717) is 11.4 Å². The van der Waals surface area contributed by atoms with Gasteiger partial charge in [-0.2, -0.15) is 0 Å². The Morgan fingerprint density at radius 2 is 1.64 bits per heavy atom. The zero-order valence-corrected chi connectivity index (χ0v) is 17.6. The van der Waals surface area contributed by atoms with Crippen LogP contribution in [0.2, 0.25) is 0 Å². The summed E-state index contributed by atoms with van der Waals surface area (Å²) in [5.74, 6) is -0.422.